The van der Waals surface area contributed by atoms with Crippen molar-refractivity contribution in [1.29, 1.82) is 5.41 Å². The van der Waals surface area contributed by atoms with Gasteiger partial charge in [-0.1, -0.05) is 19.3 Å². The molecule has 1 fully saturated rings. The van der Waals surface area contributed by atoms with Gasteiger partial charge in [0, 0.05) is 20.0 Å². The van der Waals surface area contributed by atoms with Crippen molar-refractivity contribution < 1.29 is 8.42 Å². The summed E-state index contributed by atoms with van der Waals surface area (Å²) in [5.74, 6) is 0.597. The highest BCUT2D eigenvalue weighted by Gasteiger charge is 2.24. The number of nitrogens with one attached hydrogen (secondary N) is 1. The number of hydrogen-bond acceptors (Lipinski definition) is 3. The van der Waals surface area contributed by atoms with E-state index in [9.17, 15) is 8.42 Å². The SMILES string of the molecule is CN(CCC(=N)N)S(=O)(=O)CC1CCCCC1. The zero-order valence-electron chi connectivity index (χ0n) is 10.5. The molecule has 1 aliphatic rings. The highest BCUT2D eigenvalue weighted by atomic mass is 32.2. The van der Waals surface area contributed by atoms with Gasteiger partial charge in [0.05, 0.1) is 11.6 Å². The molecule has 3 N–H and O–H groups in total. The molecule has 0 aromatic heterocycles. The van der Waals surface area contributed by atoms with E-state index in [1.165, 1.54) is 10.7 Å². The van der Waals surface area contributed by atoms with Crippen LogP contribution >= 0.6 is 0 Å². The van der Waals surface area contributed by atoms with Crippen LogP contribution in [0.5, 0.6) is 0 Å². The van der Waals surface area contributed by atoms with E-state index in [-0.39, 0.29) is 11.6 Å². The van der Waals surface area contributed by atoms with Crippen LogP contribution in [0.15, 0.2) is 0 Å². The second kappa shape index (κ2) is 6.35. The minimum absolute atomic E-state index is 0.0321. The summed E-state index contributed by atoms with van der Waals surface area (Å²) in [4.78, 5) is 0. The Morgan fingerprint density at radius 1 is 1.35 bits per heavy atom. The molecule has 5 nitrogen and oxygen atoms in total. The molecular weight excluding hydrogens is 238 g/mol. The predicted molar refractivity (Wildman–Crippen MR) is 69.5 cm³/mol. The quantitative estimate of drug-likeness (QED) is 0.555. The van der Waals surface area contributed by atoms with Crippen molar-refractivity contribution in [2.45, 2.75) is 38.5 Å². The summed E-state index contributed by atoms with van der Waals surface area (Å²) < 4.78 is 25.4. The van der Waals surface area contributed by atoms with Crippen LogP contribution < -0.4 is 5.73 Å². The Hall–Kier alpha value is -0.620. The molecule has 0 heterocycles. The van der Waals surface area contributed by atoms with Gasteiger partial charge in [0.2, 0.25) is 10.0 Å². The topological polar surface area (TPSA) is 87.2 Å². The van der Waals surface area contributed by atoms with E-state index >= 15 is 0 Å². The Morgan fingerprint density at radius 2 is 1.94 bits per heavy atom. The van der Waals surface area contributed by atoms with Crippen LogP contribution in [-0.2, 0) is 10.0 Å². The molecule has 1 aliphatic carbocycles. The predicted octanol–water partition coefficient (Wildman–Crippen LogP) is 1.15. The summed E-state index contributed by atoms with van der Waals surface area (Å²) in [6.45, 7) is 0.310. The van der Waals surface area contributed by atoms with Crippen molar-refractivity contribution in [3.63, 3.8) is 0 Å². The average molecular weight is 261 g/mol. The first-order valence-electron chi connectivity index (χ1n) is 6.18. The first-order valence-corrected chi connectivity index (χ1v) is 7.79. The second-order valence-corrected chi connectivity index (χ2v) is 7.00. The smallest absolute Gasteiger partial charge is 0.214 e. The van der Waals surface area contributed by atoms with Gasteiger partial charge in [0.25, 0.3) is 0 Å². The van der Waals surface area contributed by atoms with Gasteiger partial charge in [-0.2, -0.15) is 0 Å². The maximum absolute atomic E-state index is 12.0. The standard InChI is InChI=1S/C11H23N3O2S/c1-14(8-7-11(12)13)17(15,16)9-10-5-3-2-4-6-10/h10H,2-9H2,1H3,(H3,12,13). The summed E-state index contributed by atoms with van der Waals surface area (Å²) in [6.07, 6.45) is 5.89. The molecule has 0 saturated heterocycles. The van der Waals surface area contributed by atoms with E-state index in [1.54, 1.807) is 7.05 Å². The van der Waals surface area contributed by atoms with Crippen LogP contribution in [0.1, 0.15) is 38.5 Å². The van der Waals surface area contributed by atoms with E-state index in [0.29, 0.717) is 18.9 Å². The van der Waals surface area contributed by atoms with Crippen LogP contribution in [0.3, 0.4) is 0 Å². The summed E-state index contributed by atoms with van der Waals surface area (Å²) in [7, 11) is -1.60. The van der Waals surface area contributed by atoms with Crippen molar-refractivity contribution in [3.05, 3.63) is 0 Å². The fourth-order valence-electron chi connectivity index (χ4n) is 2.20. The molecule has 0 spiro atoms. The monoisotopic (exact) mass is 261 g/mol. The Balaban J connectivity index is 2.45. The van der Waals surface area contributed by atoms with Crippen LogP contribution in [0, 0.1) is 11.3 Å². The molecule has 6 heteroatoms. The largest absolute Gasteiger partial charge is 0.388 e. The summed E-state index contributed by atoms with van der Waals surface area (Å²) in [5.41, 5.74) is 5.23. The van der Waals surface area contributed by atoms with Gasteiger partial charge in [-0.15, -0.1) is 0 Å². The average Bonchev–Trinajstić information content (AvgIpc) is 2.26. The van der Waals surface area contributed by atoms with Crippen molar-refractivity contribution in [2.24, 2.45) is 11.7 Å². The molecular formula is C11H23N3O2S. The molecule has 0 aliphatic heterocycles. The molecule has 0 atom stereocenters. The van der Waals surface area contributed by atoms with Crippen molar-refractivity contribution in [1.82, 2.24) is 4.31 Å². The Kier molecular flexibility index (Phi) is 5.39. The second-order valence-electron chi connectivity index (χ2n) is 4.88. The minimum Gasteiger partial charge on any atom is -0.388 e. The fourth-order valence-corrected chi connectivity index (χ4v) is 3.75. The van der Waals surface area contributed by atoms with E-state index in [2.05, 4.69) is 0 Å². The highest BCUT2D eigenvalue weighted by Crippen LogP contribution is 2.25. The van der Waals surface area contributed by atoms with Gasteiger partial charge in [-0.05, 0) is 18.8 Å². The van der Waals surface area contributed by atoms with Crippen molar-refractivity contribution in [2.75, 3.05) is 19.3 Å². The molecule has 0 aromatic carbocycles. The summed E-state index contributed by atoms with van der Waals surface area (Å²) >= 11 is 0. The zero-order chi connectivity index (χ0) is 12.9. The Labute approximate surface area is 104 Å². The Morgan fingerprint density at radius 3 is 2.47 bits per heavy atom. The maximum atomic E-state index is 12.0. The van der Waals surface area contributed by atoms with E-state index in [1.807, 2.05) is 0 Å². The molecule has 0 bridgehead atoms. The van der Waals surface area contributed by atoms with Crippen LogP contribution in [0.4, 0.5) is 0 Å². The number of hydrogen-bond donors (Lipinski definition) is 2. The molecule has 0 radical (unpaired) electrons. The first-order chi connectivity index (χ1) is 7.92. The number of sulfonamides is 1. The molecule has 100 valence electrons. The van der Waals surface area contributed by atoms with Gasteiger partial charge in [0.15, 0.2) is 0 Å². The van der Waals surface area contributed by atoms with Crippen LogP contribution in [0.25, 0.3) is 0 Å². The maximum Gasteiger partial charge on any atom is 0.214 e. The van der Waals surface area contributed by atoms with E-state index < -0.39 is 10.0 Å². The van der Waals surface area contributed by atoms with Gasteiger partial charge in [-0.3, -0.25) is 5.41 Å². The number of amidine groups is 1. The third kappa shape index (κ3) is 5.04. The van der Waals surface area contributed by atoms with Gasteiger partial charge < -0.3 is 5.73 Å². The minimum atomic E-state index is -3.17. The summed E-state index contributed by atoms with van der Waals surface area (Å²) in [6, 6.07) is 0. The number of nitrogens with zero attached hydrogens (tertiary/aromatic N) is 1. The lowest BCUT2D eigenvalue weighted by Gasteiger charge is -2.24. The zero-order valence-corrected chi connectivity index (χ0v) is 11.3. The number of nitrogens with two attached hydrogens (primary N) is 1. The van der Waals surface area contributed by atoms with E-state index in [0.717, 1.165) is 25.7 Å². The fraction of sp³-hybridized carbons (Fsp3) is 0.909. The molecule has 1 saturated carbocycles. The molecule has 0 amide bonds. The van der Waals surface area contributed by atoms with Crippen molar-refractivity contribution in [3.8, 4) is 0 Å². The van der Waals surface area contributed by atoms with Crippen LogP contribution in [-0.4, -0.2) is 37.9 Å². The highest BCUT2D eigenvalue weighted by molar-refractivity contribution is 7.89. The lowest BCUT2D eigenvalue weighted by Crippen LogP contribution is -2.34. The lowest BCUT2D eigenvalue weighted by atomic mass is 9.91. The third-order valence-electron chi connectivity index (χ3n) is 3.34. The lowest BCUT2D eigenvalue weighted by molar-refractivity contribution is 0.376. The van der Waals surface area contributed by atoms with E-state index in [4.69, 9.17) is 11.1 Å². The number of rotatable bonds is 6. The normalized spacial score (nSPS) is 18.5. The van der Waals surface area contributed by atoms with Crippen molar-refractivity contribution >= 4 is 15.9 Å². The molecule has 17 heavy (non-hydrogen) atoms. The third-order valence-corrected chi connectivity index (χ3v) is 5.37. The summed E-state index contributed by atoms with van der Waals surface area (Å²) in [5, 5.41) is 7.10. The van der Waals surface area contributed by atoms with Gasteiger partial charge in [0.1, 0.15) is 0 Å². The van der Waals surface area contributed by atoms with Gasteiger partial charge >= 0.3 is 0 Å². The Bertz CT molecular complexity index is 348. The molecule has 1 rings (SSSR count). The molecule has 0 unspecified atom stereocenters. The first kappa shape index (κ1) is 14.4. The van der Waals surface area contributed by atoms with Gasteiger partial charge in [-0.25, -0.2) is 12.7 Å². The molecule has 0 aromatic rings. The van der Waals surface area contributed by atoms with Crippen LogP contribution in [0.2, 0.25) is 0 Å².